The van der Waals surface area contributed by atoms with E-state index in [0.717, 1.165) is 111 Å². The van der Waals surface area contributed by atoms with E-state index in [1.807, 2.05) is 103 Å². The lowest BCUT2D eigenvalue weighted by Gasteiger charge is -2.20. The number of nitrogens with zero attached hydrogens (tertiary/aromatic N) is 12. The Morgan fingerprint density at radius 1 is 0.229 bits per heavy atom. The molecule has 12 nitrogen and oxygen atoms in total. The van der Waals surface area contributed by atoms with Gasteiger partial charge in [-0.05, 0) is 160 Å². The third-order valence-corrected chi connectivity index (χ3v) is 17.6. The van der Waals surface area contributed by atoms with Crippen molar-refractivity contribution in [3.05, 3.63) is 299 Å². The Bertz CT molecular complexity index is 5870. The van der Waals surface area contributed by atoms with E-state index in [9.17, 15) is 42.1 Å². The summed E-state index contributed by atoms with van der Waals surface area (Å²) in [6, 6.07) is 99.4. The standard InChI is InChI=1S/C84H42N12/c85-43-51-15-24-66(62(33-51)47-89)57-20-29-79-72(37-57)73-38-58(67-25-16-52(44-86)34-63(67)48-90)21-30-80(73)95(79)78-14-8-7-13-70(78)71-28-19-61(77-42-76(55-9-3-1-4-10-55)93-84(94-77)56-11-5-2-6-12-56)41-83(71)96-81-31-22-59(68-26-17-53(45-87)35-64(68)49-91)39-74(81)75-40-60(23-32-82(75)96)69-27-18-54(46-88)36-65(69)50-92/h1-42H. The largest absolute Gasteiger partial charge is 0.309 e. The van der Waals surface area contributed by atoms with Crippen molar-refractivity contribution < 1.29 is 0 Å². The lowest BCUT2D eigenvalue weighted by atomic mass is 9.95. The van der Waals surface area contributed by atoms with Crippen LogP contribution in [0, 0.1) is 90.6 Å². The Balaban J connectivity index is 1.03. The Morgan fingerprint density at radius 2 is 0.552 bits per heavy atom. The van der Waals surface area contributed by atoms with Crippen LogP contribution in [-0.2, 0) is 0 Å². The molecule has 0 saturated carbocycles. The Kier molecular flexibility index (Phi) is 14.3. The average molecular weight is 1220 g/mol. The summed E-state index contributed by atoms with van der Waals surface area (Å²) in [6.45, 7) is 0. The van der Waals surface area contributed by atoms with Crippen molar-refractivity contribution in [2.75, 3.05) is 0 Å². The zero-order valence-corrected chi connectivity index (χ0v) is 50.6. The van der Waals surface area contributed by atoms with Crippen LogP contribution in [0.2, 0.25) is 0 Å². The zero-order valence-electron chi connectivity index (χ0n) is 50.6. The van der Waals surface area contributed by atoms with Crippen LogP contribution >= 0.6 is 0 Å². The molecule has 0 bridgehead atoms. The first-order valence-corrected chi connectivity index (χ1v) is 30.4. The van der Waals surface area contributed by atoms with E-state index in [2.05, 4.69) is 137 Å². The second-order valence-electron chi connectivity index (χ2n) is 23.0. The van der Waals surface area contributed by atoms with Crippen LogP contribution < -0.4 is 0 Å². The van der Waals surface area contributed by atoms with Gasteiger partial charge in [0.25, 0.3) is 0 Å². The second-order valence-corrected chi connectivity index (χ2v) is 23.0. The number of nitriles is 8. The highest BCUT2D eigenvalue weighted by molar-refractivity contribution is 6.14. The molecular formula is C84H42N12. The number of aromatic nitrogens is 4. The smallest absolute Gasteiger partial charge is 0.160 e. The number of hydrogen-bond donors (Lipinski definition) is 0. The van der Waals surface area contributed by atoms with E-state index >= 15 is 0 Å². The molecule has 0 saturated heterocycles. The molecule has 96 heavy (non-hydrogen) atoms. The molecule has 3 heterocycles. The summed E-state index contributed by atoms with van der Waals surface area (Å²) < 4.78 is 4.49. The van der Waals surface area contributed by atoms with Gasteiger partial charge in [0.15, 0.2) is 5.82 Å². The molecule has 0 radical (unpaired) electrons. The lowest BCUT2D eigenvalue weighted by molar-refractivity contribution is 1.15. The minimum absolute atomic E-state index is 0.343. The molecule has 12 heteroatoms. The van der Waals surface area contributed by atoms with Gasteiger partial charge in [0.1, 0.15) is 0 Å². The minimum atomic E-state index is 0.343. The summed E-state index contributed by atoms with van der Waals surface area (Å²) >= 11 is 0. The van der Waals surface area contributed by atoms with Gasteiger partial charge in [-0.1, -0.05) is 140 Å². The molecule has 15 rings (SSSR count). The predicted molar refractivity (Wildman–Crippen MR) is 372 cm³/mol. The fourth-order valence-electron chi connectivity index (χ4n) is 13.1. The number of benzene rings is 12. The maximum atomic E-state index is 10.5. The molecule has 0 N–H and O–H groups in total. The highest BCUT2D eigenvalue weighted by atomic mass is 15.0. The average Bonchev–Trinajstić information content (AvgIpc) is 1.56. The highest BCUT2D eigenvalue weighted by Crippen LogP contribution is 2.46. The fraction of sp³-hybridized carbons (Fsp3) is 0. The van der Waals surface area contributed by atoms with E-state index in [4.69, 9.17) is 9.97 Å². The molecule has 0 aliphatic rings. The van der Waals surface area contributed by atoms with Gasteiger partial charge in [0.2, 0.25) is 0 Å². The van der Waals surface area contributed by atoms with Crippen molar-refractivity contribution >= 4 is 43.6 Å². The third kappa shape index (κ3) is 9.91. The number of para-hydroxylation sites is 1. The van der Waals surface area contributed by atoms with Crippen LogP contribution in [0.1, 0.15) is 44.5 Å². The van der Waals surface area contributed by atoms with Crippen molar-refractivity contribution in [2.45, 2.75) is 0 Å². The first kappa shape index (κ1) is 57.7. The van der Waals surface area contributed by atoms with Crippen molar-refractivity contribution in [3.63, 3.8) is 0 Å². The summed E-state index contributed by atoms with van der Waals surface area (Å²) in [6.07, 6.45) is 0. The molecule has 0 amide bonds. The van der Waals surface area contributed by atoms with Crippen molar-refractivity contribution in [3.8, 4) is 149 Å². The fourth-order valence-corrected chi connectivity index (χ4v) is 13.1. The van der Waals surface area contributed by atoms with Gasteiger partial charge >= 0.3 is 0 Å². The predicted octanol–water partition coefficient (Wildman–Crippen LogP) is 19.0. The summed E-state index contributed by atoms with van der Waals surface area (Å²) in [5.41, 5.74) is 19.0. The Morgan fingerprint density at radius 3 is 0.938 bits per heavy atom. The highest BCUT2D eigenvalue weighted by Gasteiger charge is 2.25. The summed E-state index contributed by atoms with van der Waals surface area (Å²) in [4.78, 5) is 10.5. The quantitative estimate of drug-likeness (QED) is 0.126. The van der Waals surface area contributed by atoms with E-state index in [1.165, 1.54) is 0 Å². The van der Waals surface area contributed by atoms with Crippen molar-refractivity contribution in [1.29, 1.82) is 42.1 Å². The van der Waals surface area contributed by atoms with Gasteiger partial charge in [-0.2, -0.15) is 42.1 Å². The lowest BCUT2D eigenvalue weighted by Crippen LogP contribution is -2.03. The molecular weight excluding hydrogens is 1180 g/mol. The third-order valence-electron chi connectivity index (χ3n) is 17.6. The van der Waals surface area contributed by atoms with Gasteiger partial charge < -0.3 is 9.13 Å². The van der Waals surface area contributed by atoms with Crippen molar-refractivity contribution in [1.82, 2.24) is 19.1 Å². The van der Waals surface area contributed by atoms with Gasteiger partial charge in [-0.15, -0.1) is 0 Å². The molecule has 0 aliphatic heterocycles. The minimum Gasteiger partial charge on any atom is -0.309 e. The molecule has 0 aliphatic carbocycles. The first-order chi connectivity index (χ1) is 47.2. The molecule has 0 fully saturated rings. The van der Waals surface area contributed by atoms with Gasteiger partial charge in [0, 0.05) is 49.4 Å². The van der Waals surface area contributed by atoms with Crippen LogP contribution in [0.25, 0.3) is 145 Å². The summed E-state index contributed by atoms with van der Waals surface area (Å²) in [5.74, 6) is 0.544. The number of fused-ring (bicyclic) bond motifs is 6. The van der Waals surface area contributed by atoms with E-state index in [0.29, 0.717) is 78.3 Å². The monoisotopic (exact) mass is 1220 g/mol. The summed E-state index contributed by atoms with van der Waals surface area (Å²) in [7, 11) is 0. The SMILES string of the molecule is N#Cc1ccc(-c2ccc3c(c2)c2cc(-c4ccc(C#N)cc4C#N)ccc2n3-c2ccccc2-c2ccc(-c3cc(-c4ccccc4)nc(-c4ccccc4)n3)cc2-n2c3ccc(-c4ccc(C#N)cc4C#N)cc3c3cc(-c4ccc(C#N)cc4C#N)ccc32)c(C#N)c1. The van der Waals surface area contributed by atoms with Crippen molar-refractivity contribution in [2.24, 2.45) is 0 Å². The molecule has 0 spiro atoms. The van der Waals surface area contributed by atoms with Crippen LogP contribution in [0.3, 0.4) is 0 Å². The maximum absolute atomic E-state index is 10.5. The normalized spacial score (nSPS) is 10.8. The van der Waals surface area contributed by atoms with E-state index in [-0.39, 0.29) is 0 Å². The summed E-state index contributed by atoms with van der Waals surface area (Å²) in [5, 5.41) is 84.8. The topological polar surface area (TPSA) is 226 Å². The second kappa shape index (κ2) is 23.9. The molecule has 0 atom stereocenters. The number of rotatable bonds is 10. The number of hydrogen-bond acceptors (Lipinski definition) is 10. The Hall–Kier alpha value is -14.8. The molecule has 15 aromatic rings. The molecule has 438 valence electrons. The van der Waals surface area contributed by atoms with Gasteiger partial charge in [-0.3, -0.25) is 0 Å². The molecule has 12 aromatic carbocycles. The van der Waals surface area contributed by atoms with Crippen LogP contribution in [0.4, 0.5) is 0 Å². The molecule has 3 aromatic heterocycles. The van der Waals surface area contributed by atoms with E-state index < -0.39 is 0 Å². The van der Waals surface area contributed by atoms with Crippen LogP contribution in [0.15, 0.2) is 255 Å². The molecule has 0 unspecified atom stereocenters. The zero-order chi connectivity index (χ0) is 65.6. The van der Waals surface area contributed by atoms with Gasteiger partial charge in [0.05, 0.1) is 138 Å². The van der Waals surface area contributed by atoms with E-state index in [1.54, 1.807) is 72.8 Å². The van der Waals surface area contributed by atoms with Crippen LogP contribution in [-0.4, -0.2) is 19.1 Å². The maximum Gasteiger partial charge on any atom is 0.160 e. The van der Waals surface area contributed by atoms with Gasteiger partial charge in [-0.25, -0.2) is 9.97 Å². The van der Waals surface area contributed by atoms with Crippen LogP contribution in [0.5, 0.6) is 0 Å². The first-order valence-electron chi connectivity index (χ1n) is 30.4. The Labute approximate surface area is 550 Å².